The van der Waals surface area contributed by atoms with Gasteiger partial charge in [-0.1, -0.05) is 50.3 Å². The molecule has 20 heavy (non-hydrogen) atoms. The van der Waals surface area contributed by atoms with Crippen molar-refractivity contribution in [1.82, 2.24) is 0 Å². The van der Waals surface area contributed by atoms with Crippen molar-refractivity contribution in [2.75, 3.05) is 0 Å². The van der Waals surface area contributed by atoms with Gasteiger partial charge in [-0.25, -0.2) is 0 Å². The topological polar surface area (TPSA) is 9.23 Å². The number of ether oxygens (including phenoxy) is 1. The van der Waals surface area contributed by atoms with Gasteiger partial charge < -0.3 is 4.74 Å². The Labute approximate surface area is 130 Å². The van der Waals surface area contributed by atoms with Crippen molar-refractivity contribution in [1.29, 1.82) is 0 Å². The Hall–Kier alpha value is -1.22. The molecule has 0 aromatic rings. The van der Waals surface area contributed by atoms with E-state index in [2.05, 4.69) is 78.4 Å². The fourth-order valence-electron chi connectivity index (χ4n) is 2.99. The molecule has 1 nitrogen and oxygen atoms in total. The number of fused-ring (bicyclic) bond motifs is 3. The first-order chi connectivity index (χ1) is 9.46. The zero-order chi connectivity index (χ0) is 14.4. The molecule has 2 unspecified atom stereocenters. The Morgan fingerprint density at radius 2 is 1.95 bits per heavy atom. The van der Waals surface area contributed by atoms with Gasteiger partial charge in [-0.2, -0.15) is 0 Å². The van der Waals surface area contributed by atoms with Gasteiger partial charge in [0.1, 0.15) is 10.2 Å². The molecule has 0 aromatic carbocycles. The first-order valence-electron chi connectivity index (χ1n) is 7.06. The van der Waals surface area contributed by atoms with Crippen molar-refractivity contribution < 1.29 is 4.74 Å². The van der Waals surface area contributed by atoms with Gasteiger partial charge in [-0.3, -0.25) is 0 Å². The highest BCUT2D eigenvalue weighted by molar-refractivity contribution is 9.10. The fourth-order valence-corrected chi connectivity index (χ4v) is 3.29. The van der Waals surface area contributed by atoms with E-state index >= 15 is 0 Å². The first-order valence-corrected chi connectivity index (χ1v) is 7.85. The minimum absolute atomic E-state index is 0.0326. The average molecular weight is 329 g/mol. The molecule has 0 amide bonds. The molecule has 0 aromatic heterocycles. The van der Waals surface area contributed by atoms with Crippen molar-refractivity contribution in [2.24, 2.45) is 5.41 Å². The summed E-state index contributed by atoms with van der Waals surface area (Å²) in [6.07, 6.45) is 18.3. The van der Waals surface area contributed by atoms with Crippen LogP contribution in [0.25, 0.3) is 0 Å². The maximum Gasteiger partial charge on any atom is 0.178 e. The number of hydrogen-bond donors (Lipinski definition) is 0. The highest BCUT2D eigenvalue weighted by atomic mass is 79.9. The van der Waals surface area contributed by atoms with Crippen molar-refractivity contribution in [3.63, 3.8) is 0 Å². The number of alkyl halides is 1. The number of allylic oxidation sites excluding steroid dienone is 10. The van der Waals surface area contributed by atoms with E-state index in [-0.39, 0.29) is 5.41 Å². The van der Waals surface area contributed by atoms with E-state index in [9.17, 15) is 0 Å². The number of rotatable bonds is 1. The second kappa shape index (κ2) is 4.66. The molecule has 1 heterocycles. The molecule has 102 valence electrons. The lowest BCUT2D eigenvalue weighted by atomic mass is 9.71. The summed E-state index contributed by atoms with van der Waals surface area (Å²) in [5.41, 5.74) is 3.89. The van der Waals surface area contributed by atoms with Gasteiger partial charge in [-0.05, 0) is 45.6 Å². The molecular formula is C17H18BBrO. The molecular weight excluding hydrogens is 311 g/mol. The Bertz CT molecular complexity index is 631. The van der Waals surface area contributed by atoms with Crippen LogP contribution in [-0.2, 0) is 4.74 Å². The van der Waals surface area contributed by atoms with E-state index in [1.54, 1.807) is 0 Å². The van der Waals surface area contributed by atoms with Crippen molar-refractivity contribution in [3.05, 3.63) is 71.1 Å². The SMILES string of the molecule is BC1(Br)C=CC2=C(C=CC3=CC=CC=C2C3(C)CC)O1. The lowest BCUT2D eigenvalue weighted by Gasteiger charge is -2.34. The zero-order valence-corrected chi connectivity index (χ0v) is 13.7. The molecule has 2 atom stereocenters. The highest BCUT2D eigenvalue weighted by Gasteiger charge is 2.37. The van der Waals surface area contributed by atoms with Crippen LogP contribution in [0.4, 0.5) is 0 Å². The molecule has 0 radical (unpaired) electrons. The normalized spacial score (nSPS) is 34.8. The van der Waals surface area contributed by atoms with Crippen LogP contribution in [0.15, 0.2) is 71.1 Å². The summed E-state index contributed by atoms with van der Waals surface area (Å²) < 4.78 is 5.66. The molecule has 2 bridgehead atoms. The predicted octanol–water partition coefficient (Wildman–Crippen LogP) is 3.92. The van der Waals surface area contributed by atoms with Crippen LogP contribution in [0.2, 0.25) is 0 Å². The average Bonchev–Trinajstić information content (AvgIpc) is 2.63. The summed E-state index contributed by atoms with van der Waals surface area (Å²) >= 11 is 3.59. The van der Waals surface area contributed by atoms with Gasteiger partial charge >= 0.3 is 0 Å². The molecule has 3 rings (SSSR count). The van der Waals surface area contributed by atoms with E-state index in [1.807, 2.05) is 7.85 Å². The number of halogens is 1. The van der Waals surface area contributed by atoms with Gasteiger partial charge in [0.25, 0.3) is 0 Å². The Morgan fingerprint density at radius 1 is 1.20 bits per heavy atom. The maximum atomic E-state index is 6.08. The molecule has 2 aliphatic carbocycles. The highest BCUT2D eigenvalue weighted by Crippen LogP contribution is 2.48. The number of hydrogen-bond acceptors (Lipinski definition) is 1. The summed E-state index contributed by atoms with van der Waals surface area (Å²) in [7, 11) is 2.01. The molecule has 0 N–H and O–H groups in total. The summed E-state index contributed by atoms with van der Waals surface area (Å²) in [5.74, 6) is 0.941. The van der Waals surface area contributed by atoms with Gasteiger partial charge in [0, 0.05) is 11.0 Å². The minimum atomic E-state index is -0.419. The van der Waals surface area contributed by atoms with Gasteiger partial charge in [0.05, 0.1) is 0 Å². The predicted molar refractivity (Wildman–Crippen MR) is 90.3 cm³/mol. The summed E-state index contributed by atoms with van der Waals surface area (Å²) in [5, 5.41) is 0. The third-order valence-corrected chi connectivity index (χ3v) is 4.84. The van der Waals surface area contributed by atoms with E-state index in [4.69, 9.17) is 4.74 Å². The second-order valence-electron chi connectivity index (χ2n) is 5.81. The fraction of sp³-hybridized carbons (Fsp3) is 0.294. The van der Waals surface area contributed by atoms with Crippen LogP contribution in [0, 0.1) is 5.41 Å². The van der Waals surface area contributed by atoms with E-state index < -0.39 is 4.41 Å². The molecule has 0 spiro atoms. The lowest BCUT2D eigenvalue weighted by molar-refractivity contribution is 0.201. The van der Waals surface area contributed by atoms with Crippen LogP contribution in [0.1, 0.15) is 20.3 Å². The summed E-state index contributed by atoms with van der Waals surface area (Å²) in [4.78, 5) is 0. The van der Waals surface area contributed by atoms with Crippen LogP contribution in [-0.4, -0.2) is 12.3 Å². The molecule has 0 fully saturated rings. The Morgan fingerprint density at radius 3 is 2.70 bits per heavy atom. The van der Waals surface area contributed by atoms with Crippen LogP contribution in [0.3, 0.4) is 0 Å². The summed E-state index contributed by atoms with van der Waals surface area (Å²) in [6.45, 7) is 4.56. The van der Waals surface area contributed by atoms with E-state index in [1.165, 1.54) is 16.7 Å². The monoisotopic (exact) mass is 328 g/mol. The van der Waals surface area contributed by atoms with Crippen LogP contribution in [0.5, 0.6) is 0 Å². The molecule has 0 saturated heterocycles. The van der Waals surface area contributed by atoms with Gasteiger partial charge in [0.2, 0.25) is 0 Å². The van der Waals surface area contributed by atoms with Crippen molar-refractivity contribution in [2.45, 2.75) is 24.7 Å². The van der Waals surface area contributed by atoms with Gasteiger partial charge in [-0.15, -0.1) is 0 Å². The molecule has 0 saturated carbocycles. The first kappa shape index (κ1) is 13.8. The van der Waals surface area contributed by atoms with Crippen LogP contribution < -0.4 is 0 Å². The Kier molecular flexibility index (Phi) is 3.21. The largest absolute Gasteiger partial charge is 0.481 e. The maximum absolute atomic E-state index is 6.08. The minimum Gasteiger partial charge on any atom is -0.481 e. The van der Waals surface area contributed by atoms with Gasteiger partial charge in [0.15, 0.2) is 7.85 Å². The third-order valence-electron chi connectivity index (χ3n) is 4.42. The Balaban J connectivity index is 2.21. The standard InChI is InChI=1S/C17H18BBrO/c1-3-16(2)12-6-4-5-7-14(16)13-10-11-17(18,19)20-15(13)9-8-12/h4-11H,3,18H2,1-2H3. The summed E-state index contributed by atoms with van der Waals surface area (Å²) in [6, 6.07) is 0. The van der Waals surface area contributed by atoms with Crippen LogP contribution >= 0.6 is 15.9 Å². The second-order valence-corrected chi connectivity index (χ2v) is 7.38. The lowest BCUT2D eigenvalue weighted by Crippen LogP contribution is -2.26. The smallest absolute Gasteiger partial charge is 0.178 e. The van der Waals surface area contributed by atoms with E-state index in [0.29, 0.717) is 0 Å². The quantitative estimate of drug-likeness (QED) is 0.523. The molecule has 1 aliphatic heterocycles. The van der Waals surface area contributed by atoms with E-state index in [0.717, 1.165) is 12.2 Å². The molecule has 3 heteroatoms. The third kappa shape index (κ3) is 2.09. The van der Waals surface area contributed by atoms with Crippen molar-refractivity contribution >= 4 is 23.8 Å². The zero-order valence-electron chi connectivity index (χ0n) is 12.1. The van der Waals surface area contributed by atoms with Crippen molar-refractivity contribution in [3.8, 4) is 0 Å². The molecule has 3 aliphatic rings.